The lowest BCUT2D eigenvalue weighted by Gasteiger charge is -2.42. The zero-order valence-corrected chi connectivity index (χ0v) is 15.4. The quantitative estimate of drug-likeness (QED) is 0.533. The molecule has 1 saturated carbocycles. The molecule has 2 rings (SSSR count). The van der Waals surface area contributed by atoms with Gasteiger partial charge in [-0.1, -0.05) is 38.1 Å². The first-order valence-electron chi connectivity index (χ1n) is 9.20. The number of rotatable bonds is 9. The average molecular weight is 363 g/mol. The number of aryl methyl sites for hydroxylation is 1. The number of carboxylic acids is 1. The van der Waals surface area contributed by atoms with Crippen LogP contribution in [0.2, 0.25) is 0 Å². The summed E-state index contributed by atoms with van der Waals surface area (Å²) in [4.78, 5) is 24.7. The molecule has 1 unspecified atom stereocenters. The molecule has 2 amide bonds. The second-order valence-electron chi connectivity index (χ2n) is 6.74. The van der Waals surface area contributed by atoms with Crippen molar-refractivity contribution in [3.8, 4) is 0 Å². The first kappa shape index (κ1) is 20.2. The number of carbonyl (C=O) groups is 2. The number of nitrogens with one attached hydrogen (secondary N) is 2. The first-order valence-corrected chi connectivity index (χ1v) is 9.20. The van der Waals surface area contributed by atoms with E-state index in [1.165, 1.54) is 5.56 Å². The zero-order chi connectivity index (χ0) is 19.1. The Morgan fingerprint density at radius 1 is 1.23 bits per heavy atom. The minimum atomic E-state index is -0.832. The van der Waals surface area contributed by atoms with Crippen LogP contribution in [-0.4, -0.2) is 58.8 Å². The van der Waals surface area contributed by atoms with E-state index in [-0.39, 0.29) is 31.2 Å². The number of aliphatic hydroxyl groups is 1. The van der Waals surface area contributed by atoms with Gasteiger partial charge in [-0.25, -0.2) is 4.79 Å². The van der Waals surface area contributed by atoms with Gasteiger partial charge in [-0.05, 0) is 36.9 Å². The van der Waals surface area contributed by atoms with Crippen LogP contribution >= 0.6 is 0 Å². The monoisotopic (exact) mass is 363 g/mol. The fourth-order valence-corrected chi connectivity index (χ4v) is 3.20. The van der Waals surface area contributed by atoms with E-state index in [9.17, 15) is 14.7 Å². The highest BCUT2D eigenvalue weighted by Gasteiger charge is 2.34. The molecule has 0 aromatic heterocycles. The highest BCUT2D eigenvalue weighted by atomic mass is 16.4. The molecule has 0 bridgehead atoms. The summed E-state index contributed by atoms with van der Waals surface area (Å²) in [6, 6.07) is 7.64. The molecule has 1 aromatic carbocycles. The van der Waals surface area contributed by atoms with E-state index in [1.54, 1.807) is 0 Å². The van der Waals surface area contributed by atoms with Crippen LogP contribution in [0.5, 0.6) is 0 Å². The van der Waals surface area contributed by atoms with Crippen molar-refractivity contribution < 1.29 is 19.8 Å². The Labute approximate surface area is 154 Å². The van der Waals surface area contributed by atoms with Crippen LogP contribution in [0.15, 0.2) is 24.3 Å². The van der Waals surface area contributed by atoms with Crippen molar-refractivity contribution in [1.82, 2.24) is 15.5 Å². The normalized spacial score (nSPS) is 20.3. The molecule has 1 atom stereocenters. The Balaban J connectivity index is 1.68. The fraction of sp³-hybridized carbons (Fsp3) is 0.579. The van der Waals surface area contributed by atoms with Crippen molar-refractivity contribution in [2.75, 3.05) is 19.6 Å². The summed E-state index contributed by atoms with van der Waals surface area (Å²) in [6.07, 6.45) is 1.69. The van der Waals surface area contributed by atoms with Crippen molar-refractivity contribution in [3.05, 3.63) is 35.4 Å². The van der Waals surface area contributed by atoms with Crippen molar-refractivity contribution in [2.45, 2.75) is 51.3 Å². The molecule has 1 fully saturated rings. The summed E-state index contributed by atoms with van der Waals surface area (Å²) in [5, 5.41) is 24.6. The van der Waals surface area contributed by atoms with Crippen LogP contribution in [0.1, 0.15) is 43.9 Å². The molecule has 0 aliphatic heterocycles. The number of urea groups is 1. The lowest BCUT2D eigenvalue weighted by Crippen LogP contribution is -2.56. The summed E-state index contributed by atoms with van der Waals surface area (Å²) in [5.41, 5.74) is 1.98. The minimum Gasteiger partial charge on any atom is -0.480 e. The summed E-state index contributed by atoms with van der Waals surface area (Å²) in [7, 11) is 0. The van der Waals surface area contributed by atoms with Crippen LogP contribution in [-0.2, 0) is 11.2 Å². The van der Waals surface area contributed by atoms with Crippen molar-refractivity contribution in [1.29, 1.82) is 0 Å². The van der Waals surface area contributed by atoms with Gasteiger partial charge in [-0.2, -0.15) is 0 Å². The number of hydrogen-bond donors (Lipinski definition) is 4. The highest BCUT2D eigenvalue weighted by molar-refractivity contribution is 5.74. The second kappa shape index (κ2) is 9.54. The SMILES string of the molecule is CCc1ccc(C(O)CNC(=O)NC2CC(N(CC)CC(=O)O)C2)cc1. The predicted molar refractivity (Wildman–Crippen MR) is 99.0 cm³/mol. The molecule has 0 saturated heterocycles. The van der Waals surface area contributed by atoms with Gasteiger partial charge in [0, 0.05) is 18.6 Å². The summed E-state index contributed by atoms with van der Waals surface area (Å²) < 4.78 is 0. The van der Waals surface area contributed by atoms with E-state index < -0.39 is 12.1 Å². The number of aliphatic carboxylic acids is 1. The van der Waals surface area contributed by atoms with Gasteiger partial charge < -0.3 is 20.8 Å². The molecule has 0 spiro atoms. The zero-order valence-electron chi connectivity index (χ0n) is 15.4. The number of hydrogen-bond acceptors (Lipinski definition) is 4. The smallest absolute Gasteiger partial charge is 0.317 e. The molecule has 1 aromatic rings. The second-order valence-corrected chi connectivity index (χ2v) is 6.74. The van der Waals surface area contributed by atoms with Crippen LogP contribution in [0, 0.1) is 0 Å². The molecular weight excluding hydrogens is 334 g/mol. The molecule has 7 heteroatoms. The van der Waals surface area contributed by atoms with Gasteiger partial charge in [0.1, 0.15) is 0 Å². The molecule has 26 heavy (non-hydrogen) atoms. The van der Waals surface area contributed by atoms with Gasteiger partial charge in [0.05, 0.1) is 12.6 Å². The summed E-state index contributed by atoms with van der Waals surface area (Å²) >= 11 is 0. The average Bonchev–Trinajstić information content (AvgIpc) is 2.60. The highest BCUT2D eigenvalue weighted by Crippen LogP contribution is 2.25. The van der Waals surface area contributed by atoms with Gasteiger partial charge in [0.15, 0.2) is 0 Å². The Morgan fingerprint density at radius 2 is 1.88 bits per heavy atom. The van der Waals surface area contributed by atoms with E-state index in [1.807, 2.05) is 36.1 Å². The standard InChI is InChI=1S/C19H29N3O4/c1-3-13-5-7-14(8-6-13)17(23)11-20-19(26)21-15-9-16(10-15)22(4-2)12-18(24)25/h5-8,15-17,23H,3-4,9-12H2,1-2H3,(H,24,25)(H2,20,21,26). The first-order chi connectivity index (χ1) is 12.4. The Hall–Kier alpha value is -2.12. The van der Waals surface area contributed by atoms with E-state index in [2.05, 4.69) is 17.6 Å². The number of nitrogens with zero attached hydrogens (tertiary/aromatic N) is 1. The van der Waals surface area contributed by atoms with Gasteiger partial charge >= 0.3 is 12.0 Å². The van der Waals surface area contributed by atoms with Gasteiger partial charge in [0.2, 0.25) is 0 Å². The number of amides is 2. The maximum absolute atomic E-state index is 12.0. The number of carbonyl (C=O) groups excluding carboxylic acids is 1. The van der Waals surface area contributed by atoms with Gasteiger partial charge in [0.25, 0.3) is 0 Å². The van der Waals surface area contributed by atoms with Crippen LogP contribution in [0.4, 0.5) is 4.79 Å². The maximum atomic E-state index is 12.0. The van der Waals surface area contributed by atoms with Crippen LogP contribution in [0.25, 0.3) is 0 Å². The Bertz CT molecular complexity index is 599. The molecule has 1 aliphatic rings. The van der Waals surface area contributed by atoms with Crippen LogP contribution in [0.3, 0.4) is 0 Å². The van der Waals surface area contributed by atoms with Gasteiger partial charge in [-0.15, -0.1) is 0 Å². The lowest BCUT2D eigenvalue weighted by molar-refractivity contribution is -0.139. The number of benzene rings is 1. The largest absolute Gasteiger partial charge is 0.480 e. The third-order valence-electron chi connectivity index (χ3n) is 4.94. The molecule has 7 nitrogen and oxygen atoms in total. The fourth-order valence-electron chi connectivity index (χ4n) is 3.20. The number of aliphatic hydroxyl groups excluding tert-OH is 1. The van der Waals surface area contributed by atoms with Crippen molar-refractivity contribution in [3.63, 3.8) is 0 Å². The molecule has 0 heterocycles. The molecule has 1 aliphatic carbocycles. The van der Waals surface area contributed by atoms with E-state index >= 15 is 0 Å². The predicted octanol–water partition coefficient (Wildman–Crippen LogP) is 1.52. The Morgan fingerprint density at radius 3 is 2.42 bits per heavy atom. The number of carboxylic acid groups (broad SMARTS) is 1. The maximum Gasteiger partial charge on any atom is 0.317 e. The summed E-state index contributed by atoms with van der Waals surface area (Å²) in [6.45, 7) is 4.87. The minimum absolute atomic E-state index is 0.0308. The Kier molecular flexibility index (Phi) is 7.41. The van der Waals surface area contributed by atoms with E-state index in [4.69, 9.17) is 5.11 Å². The van der Waals surface area contributed by atoms with Crippen LogP contribution < -0.4 is 10.6 Å². The summed E-state index contributed by atoms with van der Waals surface area (Å²) in [5.74, 6) is -0.832. The van der Waals surface area contributed by atoms with Gasteiger partial charge in [-0.3, -0.25) is 9.69 Å². The molecule has 144 valence electrons. The number of likely N-dealkylation sites (N-methyl/N-ethyl adjacent to an activating group) is 1. The van der Waals surface area contributed by atoms with Crippen molar-refractivity contribution >= 4 is 12.0 Å². The lowest BCUT2D eigenvalue weighted by atomic mass is 9.85. The topological polar surface area (TPSA) is 102 Å². The van der Waals surface area contributed by atoms with E-state index in [0.29, 0.717) is 6.54 Å². The van der Waals surface area contributed by atoms with Crippen molar-refractivity contribution in [2.24, 2.45) is 0 Å². The third-order valence-corrected chi connectivity index (χ3v) is 4.94. The molecule has 4 N–H and O–H groups in total. The molecular formula is C19H29N3O4. The third kappa shape index (κ3) is 5.71. The van der Waals surface area contributed by atoms with E-state index in [0.717, 1.165) is 24.8 Å². The molecule has 0 radical (unpaired) electrons.